The summed E-state index contributed by atoms with van der Waals surface area (Å²) in [6.45, 7) is 7.43. The zero-order valence-corrected chi connectivity index (χ0v) is 19.3. The summed E-state index contributed by atoms with van der Waals surface area (Å²) in [4.78, 5) is 15.8. The highest BCUT2D eigenvalue weighted by molar-refractivity contribution is 6.07. The molecule has 2 aromatic carbocycles. The van der Waals surface area contributed by atoms with E-state index in [4.69, 9.17) is 4.74 Å². The number of para-hydroxylation sites is 1. The van der Waals surface area contributed by atoms with Crippen LogP contribution in [0.4, 0.5) is 0 Å². The summed E-state index contributed by atoms with van der Waals surface area (Å²) >= 11 is 0. The van der Waals surface area contributed by atoms with Crippen molar-refractivity contribution in [3.8, 4) is 0 Å². The Bertz CT molecular complexity index is 939. The van der Waals surface area contributed by atoms with Crippen LogP contribution in [0.5, 0.6) is 0 Å². The molecule has 1 aromatic heterocycles. The average molecular weight is 420 g/mol. The predicted octanol–water partition coefficient (Wildman–Crippen LogP) is 7.67. The molecule has 0 spiro atoms. The number of aromatic nitrogens is 1. The molecular weight excluding hydrogens is 382 g/mol. The fraction of sp³-hybridized carbons (Fsp3) is 0.464. The zero-order valence-electron chi connectivity index (χ0n) is 19.3. The monoisotopic (exact) mass is 419 g/mol. The van der Waals surface area contributed by atoms with Crippen molar-refractivity contribution in [3.05, 3.63) is 71.4 Å². The minimum absolute atomic E-state index is 0.150. The van der Waals surface area contributed by atoms with Gasteiger partial charge in [-0.1, -0.05) is 76.1 Å². The van der Waals surface area contributed by atoms with Crippen LogP contribution in [0.1, 0.15) is 86.9 Å². The number of ether oxygens (including phenoxy) is 1. The number of ketones is 1. The minimum atomic E-state index is 0.150. The van der Waals surface area contributed by atoms with Crippen molar-refractivity contribution in [2.45, 2.75) is 71.8 Å². The van der Waals surface area contributed by atoms with E-state index >= 15 is 0 Å². The van der Waals surface area contributed by atoms with Crippen molar-refractivity contribution in [3.63, 3.8) is 0 Å². The summed E-state index contributed by atoms with van der Waals surface area (Å²) in [7, 11) is 0. The molecule has 0 bridgehead atoms. The number of benzene rings is 2. The summed E-state index contributed by atoms with van der Waals surface area (Å²) in [6.07, 6.45) is 8.81. The first kappa shape index (κ1) is 23.3. The molecule has 1 unspecified atom stereocenters. The largest absolute Gasteiger partial charge is 0.374 e. The van der Waals surface area contributed by atoms with Gasteiger partial charge in [-0.25, -0.2) is 0 Å². The molecule has 0 radical (unpaired) electrons. The highest BCUT2D eigenvalue weighted by Gasteiger charge is 2.14. The Morgan fingerprint density at radius 1 is 1.00 bits per heavy atom. The van der Waals surface area contributed by atoms with Crippen molar-refractivity contribution in [1.29, 1.82) is 0 Å². The molecule has 0 fully saturated rings. The molecule has 3 heteroatoms. The second kappa shape index (κ2) is 11.9. The van der Waals surface area contributed by atoms with E-state index in [9.17, 15) is 4.79 Å². The van der Waals surface area contributed by atoms with Gasteiger partial charge in [0.1, 0.15) is 0 Å². The first-order chi connectivity index (χ1) is 15.1. The Morgan fingerprint density at radius 2 is 1.77 bits per heavy atom. The molecule has 0 amide bonds. The van der Waals surface area contributed by atoms with Gasteiger partial charge in [-0.3, -0.25) is 4.79 Å². The fourth-order valence-corrected chi connectivity index (χ4v) is 4.13. The third-order valence-electron chi connectivity index (χ3n) is 5.82. The van der Waals surface area contributed by atoms with Gasteiger partial charge < -0.3 is 9.72 Å². The maximum absolute atomic E-state index is 12.6. The number of aromatic amines is 1. The predicted molar refractivity (Wildman–Crippen MR) is 130 cm³/mol. The van der Waals surface area contributed by atoms with E-state index in [0.29, 0.717) is 18.9 Å². The number of hydrogen-bond donors (Lipinski definition) is 1. The number of nitrogens with one attached hydrogen (secondary N) is 1. The number of hydrogen-bond acceptors (Lipinski definition) is 2. The van der Waals surface area contributed by atoms with Crippen LogP contribution in [0.25, 0.3) is 10.9 Å². The highest BCUT2D eigenvalue weighted by atomic mass is 16.5. The Balaban J connectivity index is 1.47. The maximum atomic E-state index is 12.6. The molecule has 3 aromatic rings. The molecule has 0 aliphatic carbocycles. The van der Waals surface area contributed by atoms with Crippen LogP contribution in [-0.2, 0) is 11.2 Å². The van der Waals surface area contributed by atoms with Crippen LogP contribution in [-0.4, -0.2) is 17.4 Å². The quantitative estimate of drug-likeness (QED) is 0.228. The second-order valence-electron chi connectivity index (χ2n) is 8.97. The summed E-state index contributed by atoms with van der Waals surface area (Å²) < 4.78 is 6.28. The van der Waals surface area contributed by atoms with E-state index in [-0.39, 0.29) is 11.9 Å². The van der Waals surface area contributed by atoms with Crippen molar-refractivity contribution in [1.82, 2.24) is 4.98 Å². The number of unbranched alkanes of at least 4 members (excludes halogenated alkanes) is 2. The summed E-state index contributed by atoms with van der Waals surface area (Å²) in [5.41, 5.74) is 4.49. The average Bonchev–Trinajstić information content (AvgIpc) is 3.20. The Morgan fingerprint density at radius 3 is 2.52 bits per heavy atom. The van der Waals surface area contributed by atoms with Gasteiger partial charge in [0.2, 0.25) is 0 Å². The van der Waals surface area contributed by atoms with Gasteiger partial charge >= 0.3 is 0 Å². The van der Waals surface area contributed by atoms with Crippen LogP contribution in [0.3, 0.4) is 0 Å². The lowest BCUT2D eigenvalue weighted by molar-refractivity contribution is 0.0424. The molecule has 0 saturated carbocycles. The Kier molecular flexibility index (Phi) is 8.90. The third-order valence-corrected chi connectivity index (χ3v) is 5.82. The first-order valence-electron chi connectivity index (χ1n) is 11.9. The topological polar surface area (TPSA) is 42.1 Å². The molecule has 3 rings (SSSR count). The minimum Gasteiger partial charge on any atom is -0.374 e. The lowest BCUT2D eigenvalue weighted by atomic mass is 9.98. The van der Waals surface area contributed by atoms with E-state index in [0.717, 1.165) is 48.6 Å². The van der Waals surface area contributed by atoms with Gasteiger partial charge in [0.05, 0.1) is 6.10 Å². The lowest BCUT2D eigenvalue weighted by Crippen LogP contribution is -2.07. The summed E-state index contributed by atoms with van der Waals surface area (Å²) in [5.74, 6) is 0.880. The SMILES string of the molecule is CCCCC(OCCCCC(=O)c1c[nH]c2ccccc12)c1ccc(CC(C)C)cc1. The highest BCUT2D eigenvalue weighted by Crippen LogP contribution is 2.25. The van der Waals surface area contributed by atoms with Gasteiger partial charge in [0.15, 0.2) is 5.78 Å². The van der Waals surface area contributed by atoms with Gasteiger partial charge in [0, 0.05) is 35.7 Å². The molecule has 166 valence electrons. The van der Waals surface area contributed by atoms with E-state index in [1.54, 1.807) is 0 Å². The van der Waals surface area contributed by atoms with E-state index in [1.165, 1.54) is 17.5 Å². The maximum Gasteiger partial charge on any atom is 0.165 e. The van der Waals surface area contributed by atoms with Crippen molar-refractivity contribution < 1.29 is 9.53 Å². The molecule has 1 heterocycles. The zero-order chi connectivity index (χ0) is 22.1. The first-order valence-corrected chi connectivity index (χ1v) is 11.9. The van der Waals surface area contributed by atoms with Crippen molar-refractivity contribution >= 4 is 16.7 Å². The van der Waals surface area contributed by atoms with E-state index < -0.39 is 0 Å². The number of rotatable bonds is 13. The van der Waals surface area contributed by atoms with Crippen LogP contribution >= 0.6 is 0 Å². The van der Waals surface area contributed by atoms with Crippen LogP contribution in [0.15, 0.2) is 54.7 Å². The lowest BCUT2D eigenvalue weighted by Gasteiger charge is -2.19. The van der Waals surface area contributed by atoms with Crippen LogP contribution < -0.4 is 0 Å². The number of fused-ring (bicyclic) bond motifs is 1. The number of Topliss-reactive ketones (excluding diaryl/α,β-unsaturated/α-hetero) is 1. The van der Waals surface area contributed by atoms with E-state index in [1.807, 2.05) is 30.5 Å². The number of H-pyrrole nitrogens is 1. The Labute approximate surface area is 187 Å². The molecule has 31 heavy (non-hydrogen) atoms. The second-order valence-corrected chi connectivity index (χ2v) is 8.97. The normalized spacial score (nSPS) is 12.5. The fourth-order valence-electron chi connectivity index (χ4n) is 4.13. The Hall–Kier alpha value is -2.39. The number of carbonyl (C=O) groups excluding carboxylic acids is 1. The molecule has 0 aliphatic rings. The molecule has 0 aliphatic heterocycles. The third kappa shape index (κ3) is 6.80. The summed E-state index contributed by atoms with van der Waals surface area (Å²) in [6, 6.07) is 16.9. The molecule has 0 saturated heterocycles. The van der Waals surface area contributed by atoms with Gasteiger partial charge in [-0.05, 0) is 48.8 Å². The van der Waals surface area contributed by atoms with Gasteiger partial charge in [-0.2, -0.15) is 0 Å². The van der Waals surface area contributed by atoms with Crippen LogP contribution in [0.2, 0.25) is 0 Å². The smallest absolute Gasteiger partial charge is 0.165 e. The van der Waals surface area contributed by atoms with Gasteiger partial charge in [0.25, 0.3) is 0 Å². The van der Waals surface area contributed by atoms with Crippen LogP contribution in [0, 0.1) is 5.92 Å². The van der Waals surface area contributed by atoms with E-state index in [2.05, 4.69) is 50.0 Å². The molecule has 1 atom stereocenters. The molecular formula is C28H37NO2. The number of carbonyl (C=O) groups is 1. The van der Waals surface area contributed by atoms with Crippen molar-refractivity contribution in [2.75, 3.05) is 6.61 Å². The van der Waals surface area contributed by atoms with Gasteiger partial charge in [-0.15, -0.1) is 0 Å². The van der Waals surface area contributed by atoms with Crippen molar-refractivity contribution in [2.24, 2.45) is 5.92 Å². The summed E-state index contributed by atoms with van der Waals surface area (Å²) in [5, 5.41) is 1.02. The standard InChI is InChI=1S/C28H37NO2/c1-4-5-13-28(23-16-14-22(15-17-23)19-21(2)3)31-18-9-8-12-27(30)25-20-29-26-11-7-6-10-24(25)26/h6-7,10-11,14-17,20-21,28-29H,4-5,8-9,12-13,18-19H2,1-3H3. The molecule has 1 N–H and O–H groups in total. The molecule has 3 nitrogen and oxygen atoms in total.